The molecule has 0 spiro atoms. The Hall–Kier alpha value is -1.82. The van der Waals surface area contributed by atoms with Crippen molar-refractivity contribution in [3.8, 4) is 0 Å². The molecular weight excluding hydrogens is 716 g/mol. The van der Waals surface area contributed by atoms with E-state index in [1.807, 2.05) is 9.80 Å². The van der Waals surface area contributed by atoms with Gasteiger partial charge in [-0.2, -0.15) is 0 Å². The number of anilines is 2. The van der Waals surface area contributed by atoms with Crippen LogP contribution in [0.2, 0.25) is 0 Å². The van der Waals surface area contributed by atoms with Crippen molar-refractivity contribution in [1.29, 1.82) is 0 Å². The van der Waals surface area contributed by atoms with E-state index < -0.39 is 11.3 Å². The topological polar surface area (TPSA) is 35.6 Å². The van der Waals surface area contributed by atoms with E-state index in [1.54, 1.807) is 0 Å². The predicted octanol–water partition coefficient (Wildman–Crippen LogP) is 13.8. The van der Waals surface area contributed by atoms with E-state index in [9.17, 15) is 4.79 Å². The molecule has 1 N–H and O–H groups in total. The van der Waals surface area contributed by atoms with Crippen LogP contribution in [-0.4, -0.2) is 11.3 Å². The lowest BCUT2D eigenvalue weighted by Crippen LogP contribution is -2.41. The van der Waals surface area contributed by atoms with Gasteiger partial charge in [0, 0.05) is 0 Å². The first-order chi connectivity index (χ1) is 23.5. The normalized spacial score (nSPS) is 17.3. The van der Waals surface area contributed by atoms with Crippen molar-refractivity contribution in [3.63, 3.8) is 0 Å². The maximum atomic E-state index is 13.5. The molecule has 2 aliphatic heterocycles. The Morgan fingerprint density at radius 2 is 0.898 bits per heavy atom. The number of carbonyl (C=O) groups is 1. The second-order valence-electron chi connectivity index (χ2n) is 13.1. The number of benzene rings is 2. The molecule has 2 aromatic rings. The Morgan fingerprint density at radius 1 is 0.592 bits per heavy atom. The van der Waals surface area contributed by atoms with Gasteiger partial charge < -0.3 is 5.32 Å². The first-order valence-corrected chi connectivity index (χ1v) is 20.1. The average molecular weight is 768 g/mol. The van der Waals surface area contributed by atoms with Crippen LogP contribution in [0.3, 0.4) is 0 Å². The molecule has 268 valence electrons. The standard InChI is InChI=1S/C40H52Cl5N3O/c1-9-23(10-2)27-19-17-20-28(24(11-3)12-4)35(27)47-37(44)38(45)48(40(47)34-32(42)31(41)33(43)39(49)46-34)36-29(25(13-5)14-6)21-18-22-30(36)26(15-7)16-8/h17-26,33H,9-16H2,1-8H3,(H,46,49). The molecule has 1 unspecified atom stereocenters. The van der Waals surface area contributed by atoms with E-state index in [-0.39, 0.29) is 33.7 Å². The lowest BCUT2D eigenvalue weighted by Gasteiger charge is -2.37. The molecule has 4 rings (SSSR count). The number of alkyl halides is 1. The molecule has 0 aromatic heterocycles. The molecule has 1 atom stereocenters. The van der Waals surface area contributed by atoms with Gasteiger partial charge in [-0.3, -0.25) is 14.6 Å². The summed E-state index contributed by atoms with van der Waals surface area (Å²) in [5.74, 6) is 1.12. The van der Waals surface area contributed by atoms with Crippen LogP contribution in [0.1, 0.15) is 153 Å². The van der Waals surface area contributed by atoms with Gasteiger partial charge in [0.1, 0.15) is 16.9 Å². The molecular formula is C40H52Cl5N3O. The summed E-state index contributed by atoms with van der Waals surface area (Å²) in [6, 6.07) is 13.1. The Bertz CT molecular complexity index is 1450. The van der Waals surface area contributed by atoms with Gasteiger partial charge in [0.2, 0.25) is 5.91 Å². The summed E-state index contributed by atoms with van der Waals surface area (Å²) in [6.07, 6.45) is 7.57. The van der Waals surface area contributed by atoms with Gasteiger partial charge in [-0.25, -0.2) is 0 Å². The number of para-hydroxylation sites is 2. The van der Waals surface area contributed by atoms with Crippen LogP contribution in [-0.2, 0) is 4.79 Å². The van der Waals surface area contributed by atoms with Crippen molar-refractivity contribution in [2.75, 3.05) is 9.80 Å². The van der Waals surface area contributed by atoms with Crippen LogP contribution in [0.5, 0.6) is 0 Å². The number of nitrogens with one attached hydrogen (secondary N) is 1. The van der Waals surface area contributed by atoms with E-state index in [0.29, 0.717) is 21.8 Å². The van der Waals surface area contributed by atoms with Crippen molar-refractivity contribution < 1.29 is 4.79 Å². The highest BCUT2D eigenvalue weighted by atomic mass is 35.5. The second-order valence-corrected chi connectivity index (χ2v) is 15.0. The molecule has 2 aromatic carbocycles. The minimum atomic E-state index is -1.12. The zero-order chi connectivity index (χ0) is 36.2. The highest BCUT2D eigenvalue weighted by Crippen LogP contribution is 2.54. The van der Waals surface area contributed by atoms with E-state index in [0.717, 1.165) is 62.7 Å². The van der Waals surface area contributed by atoms with E-state index in [1.165, 1.54) is 22.3 Å². The smallest absolute Gasteiger partial charge is 0.248 e. The Morgan fingerprint density at radius 3 is 1.18 bits per heavy atom. The molecule has 0 aliphatic carbocycles. The molecule has 0 saturated carbocycles. The van der Waals surface area contributed by atoms with Crippen LogP contribution in [0, 0.1) is 0 Å². The number of allylic oxidation sites excluding steroid dienone is 1. The Kier molecular flexibility index (Phi) is 14.4. The molecule has 1 amide bonds. The summed E-state index contributed by atoms with van der Waals surface area (Å²) in [6.45, 7) is 17.8. The molecule has 0 bridgehead atoms. The van der Waals surface area contributed by atoms with Crippen molar-refractivity contribution >= 4 is 75.3 Å². The highest BCUT2D eigenvalue weighted by molar-refractivity contribution is 6.49. The van der Waals surface area contributed by atoms with E-state index in [2.05, 4.69) is 97.1 Å². The monoisotopic (exact) mass is 765 g/mol. The number of halogens is 5. The fourth-order valence-electron chi connectivity index (χ4n) is 7.75. The van der Waals surface area contributed by atoms with Crippen LogP contribution < -0.4 is 15.1 Å². The lowest BCUT2D eigenvalue weighted by molar-refractivity contribution is -0.119. The van der Waals surface area contributed by atoms with Gasteiger partial charge in [0.15, 0.2) is 10.3 Å². The summed E-state index contributed by atoms with van der Waals surface area (Å²) >= 11 is 35.5. The van der Waals surface area contributed by atoms with E-state index in [4.69, 9.17) is 58.0 Å². The van der Waals surface area contributed by atoms with Crippen molar-refractivity contribution in [2.45, 2.75) is 136 Å². The maximum Gasteiger partial charge on any atom is 0.248 e. The largest absolute Gasteiger partial charge is 0.320 e. The SMILES string of the molecule is CCC(CC)c1cccc(C(CC)CC)c1N1C(Cl)=C(Cl)N(c2c(C(CC)CC)cccc2C(CC)CC)C1=C1NC(=O)C(Cl)C(Cl)=C1Cl. The minimum Gasteiger partial charge on any atom is -0.320 e. The third-order valence-corrected chi connectivity index (χ3v) is 12.9. The molecule has 2 aliphatic rings. The van der Waals surface area contributed by atoms with Crippen molar-refractivity contribution in [2.24, 2.45) is 0 Å². The molecule has 2 heterocycles. The highest BCUT2D eigenvalue weighted by Gasteiger charge is 2.45. The number of hydrogen-bond acceptors (Lipinski definition) is 3. The zero-order valence-corrected chi connectivity index (χ0v) is 34.0. The fraction of sp³-hybridized carbons (Fsp3) is 0.525. The molecule has 4 nitrogen and oxygen atoms in total. The van der Waals surface area contributed by atoms with Crippen LogP contribution in [0.25, 0.3) is 0 Å². The summed E-state index contributed by atoms with van der Waals surface area (Å²) in [4.78, 5) is 17.5. The predicted molar refractivity (Wildman–Crippen MR) is 213 cm³/mol. The Balaban J connectivity index is 2.27. The van der Waals surface area contributed by atoms with Gasteiger partial charge in [-0.05, 0) is 97.3 Å². The molecule has 0 radical (unpaired) electrons. The molecule has 49 heavy (non-hydrogen) atoms. The molecule has 9 heteroatoms. The number of rotatable bonds is 14. The maximum absolute atomic E-state index is 13.5. The summed E-state index contributed by atoms with van der Waals surface area (Å²) in [5, 5.41) is 2.83. The van der Waals surface area contributed by atoms with Crippen LogP contribution >= 0.6 is 58.0 Å². The number of nitrogens with zero attached hydrogens (tertiary/aromatic N) is 2. The van der Waals surface area contributed by atoms with Crippen molar-refractivity contribution in [3.05, 3.63) is 90.5 Å². The quantitative estimate of drug-likeness (QED) is 0.154. The van der Waals surface area contributed by atoms with Gasteiger partial charge in [-0.15, -0.1) is 11.6 Å². The summed E-state index contributed by atoms with van der Waals surface area (Å²) in [5.41, 5.74) is 6.98. The summed E-state index contributed by atoms with van der Waals surface area (Å²) in [7, 11) is 0. The van der Waals surface area contributed by atoms with Gasteiger partial charge in [-0.1, -0.05) is 138 Å². The number of amides is 1. The first kappa shape index (κ1) is 40.0. The first-order valence-electron chi connectivity index (χ1n) is 18.2. The van der Waals surface area contributed by atoms with Gasteiger partial charge in [0.25, 0.3) is 0 Å². The van der Waals surface area contributed by atoms with Gasteiger partial charge in [0.05, 0.1) is 21.4 Å². The minimum absolute atomic E-state index is 0.0654. The van der Waals surface area contributed by atoms with Gasteiger partial charge >= 0.3 is 0 Å². The zero-order valence-electron chi connectivity index (χ0n) is 30.2. The van der Waals surface area contributed by atoms with E-state index >= 15 is 0 Å². The average Bonchev–Trinajstić information content (AvgIpc) is 3.36. The number of hydrogen-bond donors (Lipinski definition) is 1. The third kappa shape index (κ3) is 7.43. The number of carbonyl (C=O) groups excluding carboxylic acids is 1. The Labute approximate surface area is 319 Å². The van der Waals surface area contributed by atoms with Crippen LogP contribution in [0.4, 0.5) is 11.4 Å². The molecule has 0 fully saturated rings. The fourth-order valence-corrected chi connectivity index (χ4v) is 8.90. The molecule has 0 saturated heterocycles. The van der Waals surface area contributed by atoms with Crippen molar-refractivity contribution in [1.82, 2.24) is 5.32 Å². The second kappa shape index (κ2) is 17.6. The third-order valence-electron chi connectivity index (χ3n) is 10.7. The van der Waals surface area contributed by atoms with Crippen LogP contribution in [0.15, 0.2) is 68.3 Å². The lowest BCUT2D eigenvalue weighted by atomic mass is 9.84. The summed E-state index contributed by atoms with van der Waals surface area (Å²) < 4.78 is 0.